The summed E-state index contributed by atoms with van der Waals surface area (Å²) in [7, 11) is -4.09. The number of anilines is 1. The number of hydrogen-bond donors (Lipinski definition) is 1. The Bertz CT molecular complexity index is 1110. The molecule has 0 saturated heterocycles. The molecule has 1 heterocycles. The lowest BCUT2D eigenvalue weighted by atomic mass is 10.3. The zero-order valence-corrected chi connectivity index (χ0v) is 16.5. The first-order valence-electron chi connectivity index (χ1n) is 6.48. The molecule has 0 unspecified atom stereocenters. The molecule has 1 aromatic heterocycles. The fourth-order valence-electron chi connectivity index (χ4n) is 1.97. The summed E-state index contributed by atoms with van der Waals surface area (Å²) in [5.74, 6) is -0.177. The van der Waals surface area contributed by atoms with Crippen LogP contribution in [0.3, 0.4) is 0 Å². The average molecular weight is 458 g/mol. The number of aromatic nitrogens is 2. The van der Waals surface area contributed by atoms with Gasteiger partial charge in [-0.2, -0.15) is 0 Å². The molecule has 0 aliphatic heterocycles. The van der Waals surface area contributed by atoms with Gasteiger partial charge in [-0.1, -0.05) is 64.1 Å². The van der Waals surface area contributed by atoms with E-state index in [1.807, 2.05) is 0 Å². The summed E-state index contributed by atoms with van der Waals surface area (Å²) in [5, 5.41) is 0.349. The van der Waals surface area contributed by atoms with Crippen molar-refractivity contribution in [1.29, 1.82) is 0 Å². The molecule has 2 aromatic carbocycles. The Balaban J connectivity index is 2.09. The zero-order valence-electron chi connectivity index (χ0n) is 11.9. The van der Waals surface area contributed by atoms with Gasteiger partial charge in [-0.3, -0.25) is 4.72 Å². The van der Waals surface area contributed by atoms with Crippen molar-refractivity contribution in [3.63, 3.8) is 0 Å². The summed E-state index contributed by atoms with van der Waals surface area (Å²) in [5.41, 5.74) is 0.678. The summed E-state index contributed by atoms with van der Waals surface area (Å²) >= 11 is 29.7. The van der Waals surface area contributed by atoms with E-state index in [4.69, 9.17) is 58.0 Å². The van der Waals surface area contributed by atoms with Crippen LogP contribution in [0.1, 0.15) is 0 Å². The van der Waals surface area contributed by atoms with Crippen LogP contribution in [0.25, 0.3) is 11.0 Å². The van der Waals surface area contributed by atoms with E-state index in [1.54, 1.807) is 0 Å². The van der Waals surface area contributed by atoms with Gasteiger partial charge in [-0.05, 0) is 24.3 Å². The van der Waals surface area contributed by atoms with E-state index in [9.17, 15) is 8.42 Å². The van der Waals surface area contributed by atoms with E-state index in [0.717, 1.165) is 0 Å². The Morgan fingerprint density at radius 1 is 0.840 bits per heavy atom. The molecule has 3 aromatic rings. The molecule has 0 bridgehead atoms. The first kappa shape index (κ1) is 18.8. The van der Waals surface area contributed by atoms with Crippen LogP contribution in [0.4, 0.5) is 5.82 Å². The number of sulfonamides is 1. The molecule has 0 radical (unpaired) electrons. The van der Waals surface area contributed by atoms with Crippen LogP contribution in [-0.2, 0) is 10.0 Å². The van der Waals surface area contributed by atoms with E-state index in [0.29, 0.717) is 11.0 Å². The van der Waals surface area contributed by atoms with Crippen LogP contribution >= 0.6 is 58.0 Å². The second-order valence-corrected chi connectivity index (χ2v) is 8.38. The molecule has 0 fully saturated rings. The topological polar surface area (TPSA) is 72.0 Å². The van der Waals surface area contributed by atoms with Gasteiger partial charge in [0.2, 0.25) is 0 Å². The standard InChI is InChI=1S/C14H6Cl5N3O2S/c15-6-2-1-3-11(12(6)18)25(23,24)22-14-13(19)20-9-4-7(16)8(17)5-10(9)21-14/h1-5H,(H,21,22). The molecule has 130 valence electrons. The predicted octanol–water partition coefficient (Wildman–Crippen LogP) is 5.70. The van der Waals surface area contributed by atoms with Crippen LogP contribution in [0.5, 0.6) is 0 Å². The molecule has 3 rings (SSSR count). The number of benzene rings is 2. The van der Waals surface area contributed by atoms with Gasteiger partial charge in [-0.15, -0.1) is 0 Å². The smallest absolute Gasteiger partial charge is 0.261 e. The van der Waals surface area contributed by atoms with E-state index in [1.165, 1.54) is 30.3 Å². The third kappa shape index (κ3) is 3.74. The largest absolute Gasteiger partial charge is 0.264 e. The SMILES string of the molecule is O=S(=O)(Nc1nc2cc(Cl)c(Cl)cc2nc1Cl)c1cccc(Cl)c1Cl. The molecule has 25 heavy (non-hydrogen) atoms. The van der Waals surface area contributed by atoms with Gasteiger partial charge < -0.3 is 0 Å². The lowest BCUT2D eigenvalue weighted by Gasteiger charge is -2.11. The lowest BCUT2D eigenvalue weighted by molar-refractivity contribution is 0.601. The molecule has 0 spiro atoms. The summed E-state index contributed by atoms with van der Waals surface area (Å²) in [6, 6.07) is 7.15. The molecule has 0 aliphatic carbocycles. The third-order valence-electron chi connectivity index (χ3n) is 3.10. The summed E-state index contributed by atoms with van der Waals surface area (Å²) in [6.45, 7) is 0. The summed E-state index contributed by atoms with van der Waals surface area (Å²) in [4.78, 5) is 7.99. The van der Waals surface area contributed by atoms with Crippen molar-refractivity contribution in [1.82, 2.24) is 9.97 Å². The van der Waals surface area contributed by atoms with Crippen LogP contribution < -0.4 is 4.72 Å². The Labute approximate surface area is 167 Å². The van der Waals surface area contributed by atoms with Gasteiger partial charge in [0.1, 0.15) is 4.90 Å². The molecule has 0 atom stereocenters. The van der Waals surface area contributed by atoms with Gasteiger partial charge in [-0.25, -0.2) is 18.4 Å². The molecule has 5 nitrogen and oxygen atoms in total. The fraction of sp³-hybridized carbons (Fsp3) is 0. The quantitative estimate of drug-likeness (QED) is 0.548. The number of halogens is 5. The van der Waals surface area contributed by atoms with Crippen molar-refractivity contribution >= 4 is 84.9 Å². The third-order valence-corrected chi connectivity index (χ3v) is 6.40. The minimum Gasteiger partial charge on any atom is -0.261 e. The Kier molecular flexibility index (Phi) is 5.21. The minimum atomic E-state index is -4.09. The maximum atomic E-state index is 12.6. The van der Waals surface area contributed by atoms with Crippen LogP contribution in [0, 0.1) is 0 Å². The number of nitrogens with zero attached hydrogens (tertiary/aromatic N) is 2. The highest BCUT2D eigenvalue weighted by atomic mass is 35.5. The lowest BCUT2D eigenvalue weighted by Crippen LogP contribution is -2.15. The molecule has 11 heteroatoms. The van der Waals surface area contributed by atoms with Crippen LogP contribution in [-0.4, -0.2) is 18.4 Å². The van der Waals surface area contributed by atoms with Crippen molar-refractivity contribution in [2.75, 3.05) is 4.72 Å². The summed E-state index contributed by atoms with van der Waals surface area (Å²) < 4.78 is 27.4. The van der Waals surface area contributed by atoms with Crippen molar-refractivity contribution < 1.29 is 8.42 Å². The number of rotatable bonds is 3. The Morgan fingerprint density at radius 3 is 2.08 bits per heavy atom. The Morgan fingerprint density at radius 2 is 1.44 bits per heavy atom. The van der Waals surface area contributed by atoms with E-state index >= 15 is 0 Å². The van der Waals surface area contributed by atoms with Crippen LogP contribution in [0.15, 0.2) is 35.2 Å². The van der Waals surface area contributed by atoms with Crippen molar-refractivity contribution in [2.45, 2.75) is 4.90 Å². The highest BCUT2D eigenvalue weighted by molar-refractivity contribution is 7.92. The monoisotopic (exact) mass is 455 g/mol. The average Bonchev–Trinajstić information content (AvgIpc) is 2.52. The normalized spacial score (nSPS) is 11.7. The predicted molar refractivity (Wildman–Crippen MR) is 102 cm³/mol. The molecule has 0 saturated carbocycles. The second kappa shape index (κ2) is 6.95. The van der Waals surface area contributed by atoms with Gasteiger partial charge in [0, 0.05) is 0 Å². The van der Waals surface area contributed by atoms with E-state index in [-0.39, 0.29) is 36.0 Å². The Hall–Kier alpha value is -1.02. The molecular weight excluding hydrogens is 452 g/mol. The highest BCUT2D eigenvalue weighted by Gasteiger charge is 2.22. The highest BCUT2D eigenvalue weighted by Crippen LogP contribution is 2.32. The van der Waals surface area contributed by atoms with Crippen LogP contribution in [0.2, 0.25) is 25.2 Å². The maximum absolute atomic E-state index is 12.6. The first-order valence-corrected chi connectivity index (χ1v) is 9.85. The molecule has 0 aliphatic rings. The van der Waals surface area contributed by atoms with Gasteiger partial charge >= 0.3 is 0 Å². The first-order chi connectivity index (χ1) is 11.7. The van der Waals surface area contributed by atoms with Crippen molar-refractivity contribution in [2.24, 2.45) is 0 Å². The molecular formula is C14H6Cl5N3O2S. The van der Waals surface area contributed by atoms with Crippen molar-refractivity contribution in [3.8, 4) is 0 Å². The minimum absolute atomic E-state index is 0.0988. The van der Waals surface area contributed by atoms with E-state index in [2.05, 4.69) is 14.7 Å². The zero-order chi connectivity index (χ0) is 18.4. The van der Waals surface area contributed by atoms with E-state index < -0.39 is 10.0 Å². The van der Waals surface area contributed by atoms with Gasteiger partial charge in [0.05, 0.1) is 31.1 Å². The number of nitrogens with one attached hydrogen (secondary N) is 1. The second-order valence-electron chi connectivity index (χ2n) is 4.78. The number of fused-ring (bicyclic) bond motifs is 1. The summed E-state index contributed by atoms with van der Waals surface area (Å²) in [6.07, 6.45) is 0. The van der Waals surface area contributed by atoms with Gasteiger partial charge in [0.15, 0.2) is 11.0 Å². The molecule has 0 amide bonds. The molecule has 1 N–H and O–H groups in total. The van der Waals surface area contributed by atoms with Gasteiger partial charge in [0.25, 0.3) is 10.0 Å². The van der Waals surface area contributed by atoms with Crippen molar-refractivity contribution in [3.05, 3.63) is 55.6 Å². The number of hydrogen-bond acceptors (Lipinski definition) is 4. The maximum Gasteiger partial charge on any atom is 0.264 e. The fourth-order valence-corrected chi connectivity index (χ4v) is 4.29.